The number of pyridine rings is 1. The number of hydrogen-bond acceptors (Lipinski definition) is 7. The van der Waals surface area contributed by atoms with Crippen LogP contribution in [0.25, 0.3) is 0 Å². The van der Waals surface area contributed by atoms with Gasteiger partial charge in [0.15, 0.2) is 0 Å². The van der Waals surface area contributed by atoms with E-state index in [1.54, 1.807) is 13.0 Å². The Kier molecular flexibility index (Phi) is 6.59. The summed E-state index contributed by atoms with van der Waals surface area (Å²) in [7, 11) is 0. The third kappa shape index (κ3) is 4.64. The first-order valence-electron chi connectivity index (χ1n) is 12.8. The first-order chi connectivity index (χ1) is 17.4. The van der Waals surface area contributed by atoms with Crippen LogP contribution in [0.5, 0.6) is 5.88 Å². The lowest BCUT2D eigenvalue weighted by Gasteiger charge is -2.40. The van der Waals surface area contributed by atoms with E-state index in [2.05, 4.69) is 20.5 Å². The van der Waals surface area contributed by atoms with Crippen LogP contribution in [0.3, 0.4) is 0 Å². The number of aromatic nitrogens is 1. The molecule has 0 atom stereocenters. The smallest absolute Gasteiger partial charge is 0.259 e. The highest BCUT2D eigenvalue weighted by Gasteiger charge is 2.42. The molecule has 2 fully saturated rings. The SMILES string of the molecule is CCOc1nc(N2CCN(C(C)=O)CC2)ccc1NC(=O)c1coc2c1C(=O)NC1(CCCCC1)C2. The van der Waals surface area contributed by atoms with Gasteiger partial charge in [-0.15, -0.1) is 0 Å². The van der Waals surface area contributed by atoms with E-state index in [9.17, 15) is 14.4 Å². The molecule has 4 heterocycles. The molecule has 192 valence electrons. The highest BCUT2D eigenvalue weighted by Crippen LogP contribution is 2.37. The molecule has 2 aromatic rings. The molecule has 0 radical (unpaired) electrons. The van der Waals surface area contributed by atoms with Gasteiger partial charge in [0.2, 0.25) is 11.8 Å². The summed E-state index contributed by atoms with van der Waals surface area (Å²) < 4.78 is 11.5. The zero-order valence-corrected chi connectivity index (χ0v) is 20.9. The lowest BCUT2D eigenvalue weighted by Crippen LogP contribution is -2.54. The normalized spacial score (nSPS) is 19.0. The lowest BCUT2D eigenvalue weighted by molar-refractivity contribution is -0.129. The molecular weight excluding hydrogens is 462 g/mol. The number of carbonyl (C=O) groups excluding carboxylic acids is 3. The maximum absolute atomic E-state index is 13.2. The molecule has 1 spiro atoms. The molecule has 1 aliphatic carbocycles. The fraction of sp³-hybridized carbons (Fsp3) is 0.538. The molecule has 0 bridgehead atoms. The van der Waals surface area contributed by atoms with E-state index < -0.39 is 5.91 Å². The van der Waals surface area contributed by atoms with E-state index in [-0.39, 0.29) is 22.9 Å². The highest BCUT2D eigenvalue weighted by atomic mass is 16.5. The van der Waals surface area contributed by atoms with Crippen molar-refractivity contribution in [2.75, 3.05) is 43.0 Å². The fourth-order valence-corrected chi connectivity index (χ4v) is 5.52. The van der Waals surface area contributed by atoms with Crippen molar-refractivity contribution in [3.05, 3.63) is 35.3 Å². The van der Waals surface area contributed by atoms with Gasteiger partial charge in [0.05, 0.1) is 17.7 Å². The minimum absolute atomic E-state index is 0.0692. The van der Waals surface area contributed by atoms with Crippen molar-refractivity contribution in [2.45, 2.75) is 57.9 Å². The summed E-state index contributed by atoms with van der Waals surface area (Å²) in [6.45, 7) is 6.41. The minimum Gasteiger partial charge on any atom is -0.476 e. The van der Waals surface area contributed by atoms with Crippen molar-refractivity contribution in [3.8, 4) is 5.88 Å². The zero-order chi connectivity index (χ0) is 25.3. The Bertz CT molecular complexity index is 1160. The summed E-state index contributed by atoms with van der Waals surface area (Å²) >= 11 is 0. The second-order valence-corrected chi connectivity index (χ2v) is 9.82. The van der Waals surface area contributed by atoms with E-state index in [0.717, 1.165) is 31.5 Å². The molecule has 36 heavy (non-hydrogen) atoms. The number of nitrogens with one attached hydrogen (secondary N) is 2. The van der Waals surface area contributed by atoms with Crippen LogP contribution in [0.15, 0.2) is 22.8 Å². The van der Waals surface area contributed by atoms with Crippen LogP contribution in [0.4, 0.5) is 11.5 Å². The van der Waals surface area contributed by atoms with Crippen LogP contribution in [0.1, 0.15) is 72.4 Å². The molecule has 0 aromatic carbocycles. The van der Waals surface area contributed by atoms with Gasteiger partial charge in [-0.25, -0.2) is 0 Å². The predicted octanol–water partition coefficient (Wildman–Crippen LogP) is 2.98. The third-order valence-electron chi connectivity index (χ3n) is 7.45. The van der Waals surface area contributed by atoms with Crippen LogP contribution in [0.2, 0.25) is 0 Å². The second kappa shape index (κ2) is 9.83. The number of amides is 3. The maximum Gasteiger partial charge on any atom is 0.259 e. The van der Waals surface area contributed by atoms with Crippen LogP contribution >= 0.6 is 0 Å². The fourth-order valence-electron chi connectivity index (χ4n) is 5.52. The van der Waals surface area contributed by atoms with Crippen LogP contribution < -0.4 is 20.3 Å². The Morgan fingerprint density at radius 2 is 1.92 bits per heavy atom. The van der Waals surface area contributed by atoms with Gasteiger partial charge in [0.1, 0.15) is 23.5 Å². The van der Waals surface area contributed by atoms with E-state index in [1.165, 1.54) is 12.7 Å². The molecule has 1 saturated heterocycles. The number of piperazine rings is 1. The van der Waals surface area contributed by atoms with Gasteiger partial charge in [0, 0.05) is 45.1 Å². The van der Waals surface area contributed by atoms with E-state index >= 15 is 0 Å². The van der Waals surface area contributed by atoms with Gasteiger partial charge in [-0.2, -0.15) is 4.98 Å². The lowest BCUT2D eigenvalue weighted by atomic mass is 9.76. The zero-order valence-electron chi connectivity index (χ0n) is 20.9. The van der Waals surface area contributed by atoms with Crippen molar-refractivity contribution in [1.82, 2.24) is 15.2 Å². The standard InChI is InChI=1S/C26H33N5O5/c1-3-35-25-19(7-8-21(28-25)31-13-11-30(12-14-31)17(2)32)27-23(33)18-16-36-20-15-26(9-5-4-6-10-26)29-24(34)22(18)20/h7-8,16H,3-6,9-15H2,1-2H3,(H,27,33)(H,29,34). The summed E-state index contributed by atoms with van der Waals surface area (Å²) in [4.78, 5) is 46.4. The van der Waals surface area contributed by atoms with Crippen LogP contribution in [0, 0.1) is 0 Å². The Morgan fingerprint density at radius 1 is 1.17 bits per heavy atom. The molecule has 10 nitrogen and oxygen atoms in total. The summed E-state index contributed by atoms with van der Waals surface area (Å²) in [6.07, 6.45) is 7.19. The third-order valence-corrected chi connectivity index (χ3v) is 7.45. The summed E-state index contributed by atoms with van der Waals surface area (Å²) in [5.41, 5.74) is 0.684. The van der Waals surface area contributed by atoms with Crippen molar-refractivity contribution in [1.29, 1.82) is 0 Å². The summed E-state index contributed by atoms with van der Waals surface area (Å²) in [5.74, 6) is 0.979. The quantitative estimate of drug-likeness (QED) is 0.655. The molecular formula is C26H33N5O5. The Hall–Kier alpha value is -3.56. The average Bonchev–Trinajstić information content (AvgIpc) is 3.30. The number of nitrogens with zero attached hydrogens (tertiary/aromatic N) is 3. The van der Waals surface area contributed by atoms with E-state index in [4.69, 9.17) is 9.15 Å². The summed E-state index contributed by atoms with van der Waals surface area (Å²) in [6, 6.07) is 3.58. The summed E-state index contributed by atoms with van der Waals surface area (Å²) in [5, 5.41) is 6.03. The largest absolute Gasteiger partial charge is 0.476 e. The monoisotopic (exact) mass is 495 g/mol. The van der Waals surface area contributed by atoms with Crippen LogP contribution in [-0.2, 0) is 11.2 Å². The van der Waals surface area contributed by atoms with Gasteiger partial charge < -0.3 is 29.6 Å². The number of furan rings is 1. The minimum atomic E-state index is -0.444. The van der Waals surface area contributed by atoms with Crippen molar-refractivity contribution in [2.24, 2.45) is 0 Å². The number of carbonyl (C=O) groups is 3. The predicted molar refractivity (Wildman–Crippen MR) is 134 cm³/mol. The van der Waals surface area contributed by atoms with Gasteiger partial charge >= 0.3 is 0 Å². The average molecular weight is 496 g/mol. The van der Waals surface area contributed by atoms with Crippen LogP contribution in [-0.4, -0.2) is 65.9 Å². The number of ether oxygens (including phenoxy) is 1. The Morgan fingerprint density at radius 3 is 2.61 bits per heavy atom. The second-order valence-electron chi connectivity index (χ2n) is 9.82. The van der Waals surface area contributed by atoms with Gasteiger partial charge in [-0.05, 0) is 31.9 Å². The van der Waals surface area contributed by atoms with Gasteiger partial charge in [-0.1, -0.05) is 19.3 Å². The number of fused-ring (bicyclic) bond motifs is 1. The number of rotatable bonds is 5. The number of hydrogen-bond donors (Lipinski definition) is 2. The Labute approximate surface area is 210 Å². The maximum atomic E-state index is 13.2. The highest BCUT2D eigenvalue weighted by molar-refractivity contribution is 6.13. The van der Waals surface area contributed by atoms with E-state index in [1.807, 2.05) is 17.9 Å². The van der Waals surface area contributed by atoms with Gasteiger partial charge in [-0.3, -0.25) is 14.4 Å². The molecule has 3 aliphatic rings. The van der Waals surface area contributed by atoms with Gasteiger partial charge in [0.25, 0.3) is 11.8 Å². The molecule has 2 aliphatic heterocycles. The van der Waals surface area contributed by atoms with E-state index in [0.29, 0.717) is 62.1 Å². The van der Waals surface area contributed by atoms with Crippen molar-refractivity contribution in [3.63, 3.8) is 0 Å². The molecule has 5 rings (SSSR count). The molecule has 2 aromatic heterocycles. The topological polar surface area (TPSA) is 117 Å². The molecule has 1 saturated carbocycles. The molecule has 2 N–H and O–H groups in total. The first-order valence-corrected chi connectivity index (χ1v) is 12.8. The molecule has 0 unspecified atom stereocenters. The number of anilines is 2. The first kappa shape index (κ1) is 24.1. The van der Waals surface area contributed by atoms with Crippen molar-refractivity contribution < 1.29 is 23.5 Å². The Balaban J connectivity index is 1.33. The molecule has 10 heteroatoms. The molecule has 3 amide bonds. The van der Waals surface area contributed by atoms with Crippen molar-refractivity contribution >= 4 is 29.2 Å².